The smallest absolute Gasteiger partial charge is 0.243 e. The summed E-state index contributed by atoms with van der Waals surface area (Å²) in [5, 5.41) is 3.83. The Morgan fingerprint density at radius 1 is 1.15 bits per heavy atom. The number of piperidine rings is 1. The van der Waals surface area contributed by atoms with Crippen LogP contribution in [-0.4, -0.2) is 50.0 Å². The number of sulfonamides is 1. The van der Waals surface area contributed by atoms with Crippen molar-refractivity contribution in [2.45, 2.75) is 31.2 Å². The molecule has 34 heavy (non-hydrogen) atoms. The van der Waals surface area contributed by atoms with Gasteiger partial charge in [0, 0.05) is 43.8 Å². The zero-order valence-corrected chi connectivity index (χ0v) is 20.6. The van der Waals surface area contributed by atoms with E-state index in [1.807, 2.05) is 55.1 Å². The average Bonchev–Trinajstić information content (AvgIpc) is 3.23. The van der Waals surface area contributed by atoms with E-state index in [0.717, 1.165) is 16.5 Å². The van der Waals surface area contributed by atoms with Gasteiger partial charge in [-0.1, -0.05) is 6.07 Å². The normalized spacial score (nSPS) is 17.0. The fourth-order valence-corrected chi connectivity index (χ4v) is 5.94. The summed E-state index contributed by atoms with van der Waals surface area (Å²) < 4.78 is 40.9. The van der Waals surface area contributed by atoms with Gasteiger partial charge in [-0.15, -0.1) is 0 Å². The number of amides is 1. The molecule has 9 heteroatoms. The van der Waals surface area contributed by atoms with Crippen molar-refractivity contribution in [1.82, 2.24) is 14.2 Å². The Bertz CT molecular complexity index is 1280. The maximum atomic E-state index is 13.3. The minimum absolute atomic E-state index is 0.146. The Kier molecular flexibility index (Phi) is 7.13. The Hall–Kier alpha value is -3.04. The number of aryl methyl sites for hydroxylation is 1. The second kappa shape index (κ2) is 10.1. The summed E-state index contributed by atoms with van der Waals surface area (Å²) >= 11 is 0. The molecule has 2 aromatic carbocycles. The highest BCUT2D eigenvalue weighted by molar-refractivity contribution is 7.89. The van der Waals surface area contributed by atoms with Crippen molar-refractivity contribution in [1.29, 1.82) is 0 Å². The van der Waals surface area contributed by atoms with E-state index in [2.05, 4.69) is 5.32 Å². The third-order valence-electron chi connectivity index (χ3n) is 6.24. The largest absolute Gasteiger partial charge is 0.493 e. The van der Waals surface area contributed by atoms with Crippen molar-refractivity contribution in [3.8, 4) is 11.5 Å². The molecular formula is C25H31N3O5S. The zero-order chi connectivity index (χ0) is 24.3. The number of benzene rings is 2. The molecular weight excluding hydrogens is 454 g/mol. The minimum atomic E-state index is -3.68. The van der Waals surface area contributed by atoms with Gasteiger partial charge < -0.3 is 19.4 Å². The molecule has 4 rings (SSSR count). The second-order valence-corrected chi connectivity index (χ2v) is 10.4. The number of nitrogens with zero attached hydrogens (tertiary/aromatic N) is 2. The van der Waals surface area contributed by atoms with E-state index in [0.29, 0.717) is 44.0 Å². The fourth-order valence-electron chi connectivity index (χ4n) is 4.38. The number of rotatable bonds is 8. The van der Waals surface area contributed by atoms with E-state index in [-0.39, 0.29) is 17.3 Å². The van der Waals surface area contributed by atoms with Gasteiger partial charge in [0.15, 0.2) is 11.5 Å². The number of carbonyl (C=O) groups is 1. The molecule has 0 unspecified atom stereocenters. The molecule has 0 saturated carbocycles. The van der Waals surface area contributed by atoms with E-state index in [4.69, 9.17) is 9.47 Å². The van der Waals surface area contributed by atoms with E-state index in [1.165, 1.54) is 4.31 Å². The van der Waals surface area contributed by atoms with Gasteiger partial charge in [0.2, 0.25) is 15.9 Å². The first-order valence-corrected chi connectivity index (χ1v) is 12.9. The number of nitrogens with one attached hydrogen (secondary N) is 1. The highest BCUT2D eigenvalue weighted by atomic mass is 32.2. The lowest BCUT2D eigenvalue weighted by molar-refractivity contribution is -0.126. The van der Waals surface area contributed by atoms with Crippen LogP contribution in [0.5, 0.6) is 11.5 Å². The molecule has 1 atom stereocenters. The summed E-state index contributed by atoms with van der Waals surface area (Å²) in [6, 6.07) is 12.6. The SMILES string of the molecule is CCOc1cc(CNC(=O)[C@H]2CCCN(S(=O)(=O)c3ccc4c(ccn4C)c3)C2)ccc1OC. The van der Waals surface area contributed by atoms with Gasteiger partial charge in [-0.25, -0.2) is 8.42 Å². The molecule has 1 fully saturated rings. The van der Waals surface area contributed by atoms with Crippen LogP contribution in [-0.2, 0) is 28.4 Å². The Morgan fingerprint density at radius 3 is 2.74 bits per heavy atom. The van der Waals surface area contributed by atoms with Crippen molar-refractivity contribution >= 4 is 26.8 Å². The van der Waals surface area contributed by atoms with Crippen LogP contribution in [0.3, 0.4) is 0 Å². The van der Waals surface area contributed by atoms with Crippen LogP contribution in [0.1, 0.15) is 25.3 Å². The molecule has 1 saturated heterocycles. The molecule has 0 bridgehead atoms. The number of fused-ring (bicyclic) bond motifs is 1. The molecule has 1 aliphatic heterocycles. The molecule has 0 radical (unpaired) electrons. The van der Waals surface area contributed by atoms with E-state index in [9.17, 15) is 13.2 Å². The van der Waals surface area contributed by atoms with Crippen LogP contribution in [0, 0.1) is 5.92 Å². The summed E-state index contributed by atoms with van der Waals surface area (Å²) in [4.78, 5) is 13.2. The van der Waals surface area contributed by atoms with Crippen molar-refractivity contribution in [2.75, 3.05) is 26.8 Å². The number of hydrogen-bond acceptors (Lipinski definition) is 5. The van der Waals surface area contributed by atoms with Crippen molar-refractivity contribution in [3.63, 3.8) is 0 Å². The van der Waals surface area contributed by atoms with Gasteiger partial charge in [-0.3, -0.25) is 4.79 Å². The monoisotopic (exact) mass is 485 g/mol. The molecule has 3 aromatic rings. The lowest BCUT2D eigenvalue weighted by Crippen LogP contribution is -2.45. The summed E-state index contributed by atoms with van der Waals surface area (Å²) in [6.07, 6.45) is 3.20. The molecule has 8 nitrogen and oxygen atoms in total. The predicted octanol–water partition coefficient (Wildman–Crippen LogP) is 3.30. The van der Waals surface area contributed by atoms with Gasteiger partial charge in [0.25, 0.3) is 0 Å². The third-order valence-corrected chi connectivity index (χ3v) is 8.11. The van der Waals surface area contributed by atoms with Gasteiger partial charge in [0.05, 0.1) is 24.5 Å². The van der Waals surface area contributed by atoms with Crippen molar-refractivity contribution < 1.29 is 22.7 Å². The molecule has 1 aromatic heterocycles. The minimum Gasteiger partial charge on any atom is -0.493 e. The lowest BCUT2D eigenvalue weighted by Gasteiger charge is -2.31. The number of aromatic nitrogens is 1. The van der Waals surface area contributed by atoms with Crippen LogP contribution in [0.15, 0.2) is 53.6 Å². The van der Waals surface area contributed by atoms with Crippen molar-refractivity contribution in [3.05, 3.63) is 54.2 Å². The second-order valence-electron chi connectivity index (χ2n) is 8.49. The predicted molar refractivity (Wildman–Crippen MR) is 130 cm³/mol. The highest BCUT2D eigenvalue weighted by Gasteiger charge is 2.33. The third kappa shape index (κ3) is 4.90. The van der Waals surface area contributed by atoms with E-state index in [1.54, 1.807) is 19.2 Å². The van der Waals surface area contributed by atoms with Crippen molar-refractivity contribution in [2.24, 2.45) is 13.0 Å². The fraction of sp³-hybridized carbons (Fsp3) is 0.400. The Labute approximate surface area is 200 Å². The standard InChI is InChI=1S/C25H31N3O5S/c1-4-33-24-14-18(7-10-23(24)32-3)16-26-25(29)20-6-5-12-28(17-20)34(30,31)21-8-9-22-19(15-21)11-13-27(22)2/h7-11,13-15,20H,4-6,12,16-17H2,1-3H3,(H,26,29)/t20-/m0/s1. The molecule has 182 valence electrons. The van der Waals surface area contributed by atoms with E-state index >= 15 is 0 Å². The van der Waals surface area contributed by atoms with Gasteiger partial charge in [-0.05, 0) is 61.7 Å². The molecule has 1 amide bonds. The van der Waals surface area contributed by atoms with Crippen LogP contribution in [0.25, 0.3) is 10.9 Å². The van der Waals surface area contributed by atoms with Gasteiger partial charge >= 0.3 is 0 Å². The quantitative estimate of drug-likeness (QED) is 0.529. The molecule has 2 heterocycles. The van der Waals surface area contributed by atoms with E-state index < -0.39 is 15.9 Å². The van der Waals surface area contributed by atoms with Crippen LogP contribution >= 0.6 is 0 Å². The number of methoxy groups -OCH3 is 1. The van der Waals surface area contributed by atoms with Gasteiger partial charge in [-0.2, -0.15) is 4.31 Å². The first-order chi connectivity index (χ1) is 16.3. The maximum Gasteiger partial charge on any atom is 0.243 e. The Balaban J connectivity index is 1.42. The first kappa shape index (κ1) is 24.1. The van der Waals surface area contributed by atoms with Gasteiger partial charge in [0.1, 0.15) is 0 Å². The maximum absolute atomic E-state index is 13.3. The average molecular weight is 486 g/mol. The molecule has 1 aliphatic rings. The zero-order valence-electron chi connectivity index (χ0n) is 19.8. The van der Waals surface area contributed by atoms with Crippen LogP contribution in [0.4, 0.5) is 0 Å². The highest BCUT2D eigenvalue weighted by Crippen LogP contribution is 2.29. The molecule has 0 aliphatic carbocycles. The lowest BCUT2D eigenvalue weighted by atomic mass is 9.98. The Morgan fingerprint density at radius 2 is 1.97 bits per heavy atom. The van der Waals surface area contributed by atoms with Crippen LogP contribution < -0.4 is 14.8 Å². The molecule has 0 spiro atoms. The summed E-state index contributed by atoms with van der Waals surface area (Å²) in [5.74, 6) is 0.724. The summed E-state index contributed by atoms with van der Waals surface area (Å²) in [5.41, 5.74) is 1.86. The van der Waals surface area contributed by atoms with Crippen LogP contribution in [0.2, 0.25) is 0 Å². The molecule has 1 N–H and O–H groups in total. The summed E-state index contributed by atoms with van der Waals surface area (Å²) in [6.45, 7) is 3.32. The topological polar surface area (TPSA) is 89.9 Å². The number of carbonyl (C=O) groups excluding carboxylic acids is 1. The summed E-state index contributed by atoms with van der Waals surface area (Å²) in [7, 11) is -0.176. The number of hydrogen-bond donors (Lipinski definition) is 1. The first-order valence-electron chi connectivity index (χ1n) is 11.5. The number of ether oxygens (including phenoxy) is 2.